The smallest absolute Gasteiger partial charge is 0.152 e. The van der Waals surface area contributed by atoms with Crippen LogP contribution in [-0.2, 0) is 26.0 Å². The maximum atomic E-state index is 12.9. The molecule has 1 unspecified atom stereocenters. The van der Waals surface area contributed by atoms with E-state index in [2.05, 4.69) is 43.1 Å². The predicted octanol–water partition coefficient (Wildman–Crippen LogP) is 4.95. The summed E-state index contributed by atoms with van der Waals surface area (Å²) in [6.07, 6.45) is 4.21. The number of nitrogens with one attached hydrogen (secondary N) is 1. The summed E-state index contributed by atoms with van der Waals surface area (Å²) in [6, 6.07) is 8.59. The van der Waals surface area contributed by atoms with E-state index in [4.69, 9.17) is 14.2 Å². The van der Waals surface area contributed by atoms with E-state index in [0.717, 1.165) is 25.7 Å². The summed E-state index contributed by atoms with van der Waals surface area (Å²) in [4.78, 5) is 3.80. The third kappa shape index (κ3) is 2.81. The fraction of sp³-hybridized carbons (Fsp3) is 0.688. The van der Waals surface area contributed by atoms with Gasteiger partial charge in [-0.15, -0.1) is 0 Å². The molecule has 1 spiro atoms. The van der Waals surface area contributed by atoms with Crippen molar-refractivity contribution in [1.29, 1.82) is 0 Å². The molecule has 38 heavy (non-hydrogen) atoms. The number of para-hydroxylation sites is 1. The molecule has 9 atom stereocenters. The highest BCUT2D eigenvalue weighted by Crippen LogP contribution is 2.75. The van der Waals surface area contributed by atoms with Crippen LogP contribution in [0.4, 0.5) is 0 Å². The minimum atomic E-state index is -1.10. The third-order valence-corrected chi connectivity index (χ3v) is 11.8. The Morgan fingerprint density at radius 1 is 1.18 bits per heavy atom. The molecule has 6 nitrogen and oxygen atoms in total. The number of hydrogen-bond donors (Lipinski definition) is 3. The quantitative estimate of drug-likeness (QED) is 0.392. The number of benzene rings is 1. The minimum absolute atomic E-state index is 0.223. The highest BCUT2D eigenvalue weighted by Gasteiger charge is 2.86. The number of epoxide rings is 1. The highest BCUT2D eigenvalue weighted by atomic mass is 16.7. The summed E-state index contributed by atoms with van der Waals surface area (Å²) in [5.41, 5.74) is 1.76. The summed E-state index contributed by atoms with van der Waals surface area (Å²) in [7, 11) is 0. The summed E-state index contributed by atoms with van der Waals surface area (Å²) in [5.74, 6) is 0.466. The van der Waals surface area contributed by atoms with Gasteiger partial charge in [-0.3, -0.25) is 0 Å². The van der Waals surface area contributed by atoms with Gasteiger partial charge in [-0.05, 0) is 77.3 Å². The van der Waals surface area contributed by atoms with E-state index in [1.165, 1.54) is 27.7 Å². The van der Waals surface area contributed by atoms with Crippen molar-refractivity contribution in [3.63, 3.8) is 0 Å². The van der Waals surface area contributed by atoms with Crippen LogP contribution < -0.4 is 0 Å². The van der Waals surface area contributed by atoms with Gasteiger partial charge in [-0.25, -0.2) is 0 Å². The van der Waals surface area contributed by atoms with Gasteiger partial charge in [0, 0.05) is 27.4 Å². The summed E-state index contributed by atoms with van der Waals surface area (Å²) < 4.78 is 19.4. The number of ether oxygens (including phenoxy) is 3. The molecule has 3 heterocycles. The van der Waals surface area contributed by atoms with Crippen molar-refractivity contribution in [3.05, 3.63) is 47.2 Å². The van der Waals surface area contributed by atoms with Gasteiger partial charge in [-0.1, -0.05) is 43.7 Å². The molecule has 3 aliphatic carbocycles. The molecule has 206 valence electrons. The normalized spacial score (nSPS) is 45.0. The Morgan fingerprint density at radius 2 is 1.95 bits per heavy atom. The van der Waals surface area contributed by atoms with Crippen molar-refractivity contribution in [3.8, 4) is 0 Å². The van der Waals surface area contributed by atoms with Crippen LogP contribution >= 0.6 is 0 Å². The number of H-pyrrole nitrogens is 1. The van der Waals surface area contributed by atoms with Gasteiger partial charge in [0.25, 0.3) is 0 Å². The van der Waals surface area contributed by atoms with Crippen LogP contribution in [0.25, 0.3) is 10.9 Å². The van der Waals surface area contributed by atoms with Crippen LogP contribution in [0.5, 0.6) is 0 Å². The van der Waals surface area contributed by atoms with Gasteiger partial charge >= 0.3 is 0 Å². The molecule has 6 heteroatoms. The Bertz CT molecular complexity index is 1330. The fourth-order valence-corrected chi connectivity index (χ4v) is 9.47. The van der Waals surface area contributed by atoms with E-state index in [-0.39, 0.29) is 11.5 Å². The van der Waals surface area contributed by atoms with Gasteiger partial charge in [-0.2, -0.15) is 0 Å². The molecule has 3 N–H and O–H groups in total. The average Bonchev–Trinajstić information content (AvgIpc) is 3.44. The Labute approximate surface area is 225 Å². The number of aromatic amines is 1. The largest absolute Gasteiger partial charge is 0.387 e. The molecule has 1 aromatic heterocycles. The number of fused-ring (bicyclic) bond motifs is 7. The molecule has 2 saturated carbocycles. The van der Waals surface area contributed by atoms with E-state index in [9.17, 15) is 10.2 Å². The first kappa shape index (κ1) is 25.3. The number of aromatic nitrogens is 1. The molecule has 2 aliphatic heterocycles. The maximum Gasteiger partial charge on any atom is 0.152 e. The standard InChI is InChI=1S/C32H43NO5/c1-18(2)13-16-36-28(3,4)26-24(34)27-32(38-27)23(37-26)12-14-29(5)30(6)19(11-15-31(29,32)35)17-21-20-9-7-8-10-22(20)33-25(21)30/h7-10,13,19,23-24,26-27,33-35H,11-12,14-17H2,1-6H3/t19-,23-,24+,26-,27+,29+,30+,31-,32?/m0/s1. The molecule has 2 aromatic rings. The molecule has 0 amide bonds. The summed E-state index contributed by atoms with van der Waals surface area (Å²) >= 11 is 0. The van der Waals surface area contributed by atoms with E-state index in [0.29, 0.717) is 18.9 Å². The van der Waals surface area contributed by atoms with Gasteiger partial charge in [0.1, 0.15) is 23.9 Å². The van der Waals surface area contributed by atoms with Crippen LogP contribution in [0.15, 0.2) is 35.9 Å². The predicted molar refractivity (Wildman–Crippen MR) is 146 cm³/mol. The Kier molecular flexibility index (Phi) is 5.14. The lowest BCUT2D eigenvalue weighted by Crippen LogP contribution is -2.76. The van der Waals surface area contributed by atoms with Crippen molar-refractivity contribution in [2.75, 3.05) is 6.61 Å². The minimum Gasteiger partial charge on any atom is -0.387 e. The van der Waals surface area contributed by atoms with Crippen LogP contribution in [0.1, 0.15) is 78.5 Å². The lowest BCUT2D eigenvalue weighted by Gasteiger charge is -2.66. The van der Waals surface area contributed by atoms with Gasteiger partial charge in [0.15, 0.2) is 5.60 Å². The van der Waals surface area contributed by atoms with Crippen molar-refractivity contribution in [2.45, 2.75) is 120 Å². The van der Waals surface area contributed by atoms with Crippen molar-refractivity contribution in [1.82, 2.24) is 4.98 Å². The van der Waals surface area contributed by atoms with E-state index < -0.39 is 40.5 Å². The van der Waals surface area contributed by atoms with Crippen molar-refractivity contribution >= 4 is 10.9 Å². The molecule has 5 aliphatic rings. The first-order valence-electron chi connectivity index (χ1n) is 14.5. The van der Waals surface area contributed by atoms with Gasteiger partial charge < -0.3 is 29.4 Å². The number of hydrogen-bond acceptors (Lipinski definition) is 5. The second-order valence-electron chi connectivity index (χ2n) is 14.0. The topological polar surface area (TPSA) is 87.2 Å². The Hall–Kier alpha value is -1.70. The molecule has 1 aromatic carbocycles. The number of allylic oxidation sites excluding steroid dienone is 1. The van der Waals surface area contributed by atoms with Gasteiger partial charge in [0.2, 0.25) is 0 Å². The first-order chi connectivity index (χ1) is 17.9. The zero-order valence-electron chi connectivity index (χ0n) is 23.6. The third-order valence-electron chi connectivity index (χ3n) is 11.8. The van der Waals surface area contributed by atoms with Crippen LogP contribution in [-0.4, -0.2) is 63.0 Å². The molecular weight excluding hydrogens is 478 g/mol. The van der Waals surface area contributed by atoms with E-state index in [1.54, 1.807) is 0 Å². The molecule has 7 rings (SSSR count). The monoisotopic (exact) mass is 521 g/mol. The maximum absolute atomic E-state index is 12.9. The lowest BCUT2D eigenvalue weighted by molar-refractivity contribution is -0.283. The Balaban J connectivity index is 1.25. The molecule has 4 fully saturated rings. The Morgan fingerprint density at radius 3 is 2.71 bits per heavy atom. The van der Waals surface area contributed by atoms with Crippen molar-refractivity contribution in [2.24, 2.45) is 11.3 Å². The van der Waals surface area contributed by atoms with Crippen molar-refractivity contribution < 1.29 is 24.4 Å². The highest BCUT2D eigenvalue weighted by molar-refractivity contribution is 5.86. The van der Waals surface area contributed by atoms with Crippen LogP contribution in [0.2, 0.25) is 0 Å². The number of rotatable bonds is 4. The average molecular weight is 522 g/mol. The lowest BCUT2D eigenvalue weighted by atomic mass is 9.40. The number of aliphatic hydroxyl groups is 2. The van der Waals surface area contributed by atoms with Gasteiger partial charge in [0.05, 0.1) is 18.3 Å². The van der Waals surface area contributed by atoms with Crippen LogP contribution in [0, 0.1) is 11.3 Å². The summed E-state index contributed by atoms with van der Waals surface area (Å²) in [6.45, 7) is 13.2. The van der Waals surface area contributed by atoms with Crippen LogP contribution in [0.3, 0.4) is 0 Å². The fourth-order valence-electron chi connectivity index (χ4n) is 9.47. The SMILES string of the molecule is CC(C)=CCOC(C)(C)[C@H]1O[C@H]2CC[C@]3(C)[C@@]4(C)c5[nH]c6ccccc6c5C[C@@H]4CC[C@@]3(O)C23O[C@@H]3[C@@H]1O. The second-order valence-corrected chi connectivity index (χ2v) is 14.0. The zero-order chi connectivity index (χ0) is 26.9. The number of aliphatic hydroxyl groups excluding tert-OH is 1. The summed E-state index contributed by atoms with van der Waals surface area (Å²) in [5, 5.41) is 25.8. The molecular formula is C32H43NO5. The van der Waals surface area contributed by atoms with E-state index >= 15 is 0 Å². The van der Waals surface area contributed by atoms with E-state index in [1.807, 2.05) is 33.8 Å². The first-order valence-corrected chi connectivity index (χ1v) is 14.5. The molecule has 0 radical (unpaired) electrons. The second kappa shape index (κ2) is 7.73. The zero-order valence-corrected chi connectivity index (χ0v) is 23.6. The molecule has 0 bridgehead atoms. The molecule has 2 saturated heterocycles.